The van der Waals surface area contributed by atoms with Crippen molar-refractivity contribution in [2.75, 3.05) is 0 Å². The van der Waals surface area contributed by atoms with Gasteiger partial charge in [0, 0.05) is 46.9 Å². The molecule has 3 heterocycles. The molecule has 5 atom stereocenters. The van der Waals surface area contributed by atoms with E-state index in [0.717, 1.165) is 6.07 Å². The fourth-order valence-corrected chi connectivity index (χ4v) is 5.99. The lowest BCUT2D eigenvalue weighted by Gasteiger charge is -2.50. The summed E-state index contributed by atoms with van der Waals surface area (Å²) in [6.45, 7) is 0. The lowest BCUT2D eigenvalue weighted by molar-refractivity contribution is -0.219. The van der Waals surface area contributed by atoms with Crippen LogP contribution in [0.25, 0.3) is 0 Å². The molecule has 7 N–H and O–H groups in total. The van der Waals surface area contributed by atoms with Crippen molar-refractivity contribution in [3.63, 3.8) is 0 Å². The van der Waals surface area contributed by atoms with Gasteiger partial charge in [0.25, 0.3) is 0 Å². The highest BCUT2D eigenvalue weighted by Crippen LogP contribution is 2.62. The quantitative estimate of drug-likeness (QED) is 0.199. The Morgan fingerprint density at radius 2 is 1.30 bits per heavy atom. The first-order valence-corrected chi connectivity index (χ1v) is 12.6. The van der Waals surface area contributed by atoms with E-state index in [4.69, 9.17) is 14.2 Å². The molecule has 0 amide bonds. The van der Waals surface area contributed by atoms with Gasteiger partial charge in [-0.1, -0.05) is 12.1 Å². The SMILES string of the molecule is Oc1ccc([C@H]2Oc3c(c(O)cc4c3[C@@H]3c5c(O)cc(O)cc5O[C@](c5ccc(O)cc5)(O4)[C@H]3O)C[C@@H]2O)cc1. The van der Waals surface area contributed by atoms with Gasteiger partial charge in [-0.05, 0) is 42.0 Å². The van der Waals surface area contributed by atoms with Crippen LogP contribution in [0, 0.1) is 0 Å². The molecule has 0 aliphatic carbocycles. The monoisotopic (exact) mass is 544 g/mol. The van der Waals surface area contributed by atoms with Gasteiger partial charge in [-0.3, -0.25) is 0 Å². The Bertz CT molecular complexity index is 1650. The van der Waals surface area contributed by atoms with Crippen LogP contribution in [0.2, 0.25) is 0 Å². The summed E-state index contributed by atoms with van der Waals surface area (Å²) in [6.07, 6.45) is -3.38. The van der Waals surface area contributed by atoms with Crippen LogP contribution < -0.4 is 14.2 Å². The molecule has 0 aromatic heterocycles. The van der Waals surface area contributed by atoms with Gasteiger partial charge in [-0.25, -0.2) is 0 Å². The first kappa shape index (κ1) is 24.3. The summed E-state index contributed by atoms with van der Waals surface area (Å²) in [4.78, 5) is 0. The third kappa shape index (κ3) is 3.36. The minimum Gasteiger partial charge on any atom is -0.508 e. The first-order chi connectivity index (χ1) is 19.2. The minimum absolute atomic E-state index is 0.0107. The molecule has 2 bridgehead atoms. The van der Waals surface area contributed by atoms with Gasteiger partial charge in [0.2, 0.25) is 0 Å². The molecule has 0 unspecified atom stereocenters. The molecule has 10 heteroatoms. The Hall–Kier alpha value is -4.80. The third-order valence-electron chi connectivity index (χ3n) is 7.82. The van der Waals surface area contributed by atoms with E-state index >= 15 is 0 Å². The van der Waals surface area contributed by atoms with Crippen molar-refractivity contribution in [1.29, 1.82) is 0 Å². The van der Waals surface area contributed by atoms with E-state index in [2.05, 4.69) is 0 Å². The van der Waals surface area contributed by atoms with E-state index in [1.54, 1.807) is 12.1 Å². The average molecular weight is 545 g/mol. The van der Waals surface area contributed by atoms with Crippen LogP contribution in [0.15, 0.2) is 66.7 Å². The van der Waals surface area contributed by atoms with Gasteiger partial charge < -0.3 is 50.0 Å². The molecule has 0 saturated heterocycles. The average Bonchev–Trinajstić information content (AvgIpc) is 2.90. The van der Waals surface area contributed by atoms with Crippen LogP contribution >= 0.6 is 0 Å². The second-order valence-electron chi connectivity index (χ2n) is 10.2. The van der Waals surface area contributed by atoms with E-state index in [1.807, 2.05) is 0 Å². The Morgan fingerprint density at radius 1 is 0.675 bits per heavy atom. The number of phenols is 5. The number of aliphatic hydroxyl groups is 2. The van der Waals surface area contributed by atoms with Gasteiger partial charge in [-0.2, -0.15) is 0 Å². The topological polar surface area (TPSA) is 169 Å². The molecule has 40 heavy (non-hydrogen) atoms. The van der Waals surface area contributed by atoms with E-state index in [-0.39, 0.29) is 58.0 Å². The van der Waals surface area contributed by atoms with Crippen LogP contribution in [-0.4, -0.2) is 48.0 Å². The molecular formula is C30H24O10. The van der Waals surface area contributed by atoms with Gasteiger partial charge >= 0.3 is 5.79 Å². The molecule has 4 aromatic carbocycles. The van der Waals surface area contributed by atoms with Crippen LogP contribution in [0.5, 0.6) is 46.0 Å². The Balaban J connectivity index is 1.47. The maximum Gasteiger partial charge on any atom is 0.305 e. The van der Waals surface area contributed by atoms with E-state index in [0.29, 0.717) is 22.3 Å². The Labute approximate surface area is 227 Å². The number of ether oxygens (including phenoxy) is 3. The zero-order valence-electron chi connectivity index (χ0n) is 20.7. The maximum atomic E-state index is 11.9. The number of hydrogen-bond donors (Lipinski definition) is 7. The summed E-state index contributed by atoms with van der Waals surface area (Å²) in [5, 5.41) is 74.7. The second kappa shape index (κ2) is 8.35. The molecule has 0 radical (unpaired) electrons. The van der Waals surface area contributed by atoms with E-state index in [1.165, 1.54) is 48.5 Å². The summed E-state index contributed by atoms with van der Waals surface area (Å²) in [6, 6.07) is 15.8. The zero-order valence-corrected chi connectivity index (χ0v) is 20.7. The molecule has 204 valence electrons. The van der Waals surface area contributed by atoms with Crippen molar-refractivity contribution in [2.45, 2.75) is 36.4 Å². The van der Waals surface area contributed by atoms with Crippen LogP contribution in [0.4, 0.5) is 0 Å². The van der Waals surface area contributed by atoms with Gasteiger partial charge in [0.15, 0.2) is 0 Å². The highest BCUT2D eigenvalue weighted by molar-refractivity contribution is 5.67. The number of aromatic hydroxyl groups is 5. The normalized spacial score (nSPS) is 25.9. The fraction of sp³-hybridized carbons (Fsp3) is 0.200. The molecule has 7 rings (SSSR count). The molecular weight excluding hydrogens is 520 g/mol. The number of fused-ring (bicyclic) bond motifs is 8. The molecule has 3 aliphatic rings. The highest BCUT2D eigenvalue weighted by atomic mass is 16.7. The zero-order chi connectivity index (χ0) is 27.9. The highest BCUT2D eigenvalue weighted by Gasteiger charge is 2.60. The van der Waals surface area contributed by atoms with Gasteiger partial charge in [0.05, 0.1) is 12.0 Å². The lowest BCUT2D eigenvalue weighted by Crippen LogP contribution is -2.57. The summed E-state index contributed by atoms with van der Waals surface area (Å²) in [5.74, 6) is -3.36. The third-order valence-corrected chi connectivity index (χ3v) is 7.82. The van der Waals surface area contributed by atoms with Crippen molar-refractivity contribution in [3.05, 3.63) is 94.5 Å². The molecule has 0 spiro atoms. The predicted octanol–water partition coefficient (Wildman–Crippen LogP) is 3.38. The number of hydrogen-bond acceptors (Lipinski definition) is 10. The number of benzene rings is 4. The van der Waals surface area contributed by atoms with E-state index in [9.17, 15) is 35.7 Å². The van der Waals surface area contributed by atoms with Crippen LogP contribution in [0.1, 0.15) is 39.8 Å². The van der Waals surface area contributed by atoms with Crippen molar-refractivity contribution < 1.29 is 50.0 Å². The number of rotatable bonds is 2. The number of phenolic OH excluding ortho intramolecular Hbond substituents is 5. The predicted molar refractivity (Wildman–Crippen MR) is 138 cm³/mol. The second-order valence-corrected chi connectivity index (χ2v) is 10.2. The smallest absolute Gasteiger partial charge is 0.305 e. The molecule has 4 aromatic rings. The standard InChI is InChI=1S/C30H24O10/c31-15-5-1-13(2-6-15)27-21(36)11-18-19(34)12-23-25(28(18)38-27)26-24-20(35)9-17(33)10-22(24)39-30(40-23,29(26)37)14-3-7-16(32)8-4-14/h1-10,12,21,26-27,29,31-37H,11H2/t21-,26-,27+,29-,30+/m0/s1. The summed E-state index contributed by atoms with van der Waals surface area (Å²) >= 11 is 0. The Morgan fingerprint density at radius 3 is 1.98 bits per heavy atom. The molecule has 0 fully saturated rings. The maximum absolute atomic E-state index is 11.9. The molecule has 3 aliphatic heterocycles. The molecule has 10 nitrogen and oxygen atoms in total. The van der Waals surface area contributed by atoms with Crippen molar-refractivity contribution in [1.82, 2.24) is 0 Å². The largest absolute Gasteiger partial charge is 0.508 e. The van der Waals surface area contributed by atoms with Crippen molar-refractivity contribution >= 4 is 0 Å². The minimum atomic E-state index is -1.89. The van der Waals surface area contributed by atoms with Crippen molar-refractivity contribution in [3.8, 4) is 46.0 Å². The summed E-state index contributed by atoms with van der Waals surface area (Å²) in [7, 11) is 0. The summed E-state index contributed by atoms with van der Waals surface area (Å²) < 4.78 is 18.9. The fourth-order valence-electron chi connectivity index (χ4n) is 5.99. The van der Waals surface area contributed by atoms with Gasteiger partial charge in [-0.15, -0.1) is 0 Å². The van der Waals surface area contributed by atoms with Gasteiger partial charge in [0.1, 0.15) is 58.2 Å². The lowest BCUT2D eigenvalue weighted by atomic mass is 9.74. The van der Waals surface area contributed by atoms with Crippen molar-refractivity contribution in [2.24, 2.45) is 0 Å². The number of aliphatic hydroxyl groups excluding tert-OH is 2. The van der Waals surface area contributed by atoms with Crippen LogP contribution in [0.3, 0.4) is 0 Å². The summed E-state index contributed by atoms with van der Waals surface area (Å²) in [5.41, 5.74) is 1.69. The van der Waals surface area contributed by atoms with E-state index < -0.39 is 30.0 Å². The first-order valence-electron chi connectivity index (χ1n) is 12.6. The Kier molecular flexibility index (Phi) is 5.06. The molecule has 0 saturated carbocycles. The van der Waals surface area contributed by atoms with Crippen LogP contribution in [-0.2, 0) is 12.2 Å².